The fourth-order valence-electron chi connectivity index (χ4n) is 1.90. The average Bonchev–Trinajstić information content (AvgIpc) is 2.38. The third kappa shape index (κ3) is 3.23. The molecule has 100 valence electrons. The van der Waals surface area contributed by atoms with Crippen LogP contribution < -0.4 is 14.8 Å². The Labute approximate surface area is 108 Å². The minimum Gasteiger partial charge on any atom is -0.496 e. The zero-order chi connectivity index (χ0) is 13.5. The molecule has 4 nitrogen and oxygen atoms in total. The lowest BCUT2D eigenvalue weighted by Gasteiger charge is -2.14. The van der Waals surface area contributed by atoms with E-state index in [9.17, 15) is 4.79 Å². The maximum absolute atomic E-state index is 12.0. The van der Waals surface area contributed by atoms with Crippen LogP contribution in [0.3, 0.4) is 0 Å². The highest BCUT2D eigenvalue weighted by Crippen LogP contribution is 2.30. The summed E-state index contributed by atoms with van der Waals surface area (Å²) in [5, 5.41) is 2.85. The van der Waals surface area contributed by atoms with Gasteiger partial charge in [-0.3, -0.25) is 4.79 Å². The second-order valence-corrected chi connectivity index (χ2v) is 4.07. The first-order valence-corrected chi connectivity index (χ1v) is 6.10. The van der Waals surface area contributed by atoms with Gasteiger partial charge in [0.05, 0.1) is 26.3 Å². The quantitative estimate of drug-likeness (QED) is 0.754. The van der Waals surface area contributed by atoms with Crippen molar-refractivity contribution in [2.24, 2.45) is 0 Å². The van der Waals surface area contributed by atoms with Gasteiger partial charge in [-0.2, -0.15) is 0 Å². The van der Waals surface area contributed by atoms with Crippen LogP contribution in [0.15, 0.2) is 12.1 Å². The van der Waals surface area contributed by atoms with Crippen molar-refractivity contribution in [3.05, 3.63) is 23.3 Å². The molecule has 1 aromatic carbocycles. The van der Waals surface area contributed by atoms with Crippen LogP contribution in [-0.4, -0.2) is 33.6 Å². The summed E-state index contributed by atoms with van der Waals surface area (Å²) in [5.74, 6) is 1.35. The molecular weight excluding hydrogens is 230 g/mol. The van der Waals surface area contributed by atoms with Gasteiger partial charge in [0.15, 0.2) is 5.78 Å². The van der Waals surface area contributed by atoms with Gasteiger partial charge in [-0.15, -0.1) is 0 Å². The van der Waals surface area contributed by atoms with E-state index in [2.05, 4.69) is 12.2 Å². The van der Waals surface area contributed by atoms with Gasteiger partial charge in [0.25, 0.3) is 0 Å². The van der Waals surface area contributed by atoms with E-state index in [4.69, 9.17) is 9.47 Å². The summed E-state index contributed by atoms with van der Waals surface area (Å²) >= 11 is 0. The van der Waals surface area contributed by atoms with Crippen LogP contribution in [0.5, 0.6) is 11.5 Å². The molecule has 0 aliphatic carbocycles. The van der Waals surface area contributed by atoms with Crippen LogP contribution in [-0.2, 0) is 6.42 Å². The molecule has 0 aromatic heterocycles. The van der Waals surface area contributed by atoms with E-state index in [0.717, 1.165) is 24.2 Å². The molecule has 0 saturated carbocycles. The van der Waals surface area contributed by atoms with Crippen molar-refractivity contribution >= 4 is 5.78 Å². The Kier molecular flexibility index (Phi) is 5.65. The first kappa shape index (κ1) is 14.5. The van der Waals surface area contributed by atoms with Crippen LogP contribution >= 0.6 is 0 Å². The first-order chi connectivity index (χ1) is 8.67. The lowest BCUT2D eigenvalue weighted by atomic mass is 10.0. The van der Waals surface area contributed by atoms with E-state index >= 15 is 0 Å². The lowest BCUT2D eigenvalue weighted by Crippen LogP contribution is -2.19. The zero-order valence-corrected chi connectivity index (χ0v) is 11.5. The molecule has 1 N–H and O–H groups in total. The van der Waals surface area contributed by atoms with E-state index < -0.39 is 0 Å². The van der Waals surface area contributed by atoms with Crippen LogP contribution in [0.2, 0.25) is 0 Å². The second-order valence-electron chi connectivity index (χ2n) is 4.07. The monoisotopic (exact) mass is 251 g/mol. The Balaban J connectivity index is 3.21. The molecule has 0 amide bonds. The summed E-state index contributed by atoms with van der Waals surface area (Å²) in [7, 11) is 4.94. The summed E-state index contributed by atoms with van der Waals surface area (Å²) in [6.07, 6.45) is 1.92. The van der Waals surface area contributed by atoms with Gasteiger partial charge in [-0.1, -0.05) is 13.3 Å². The standard InChI is InChI=1S/C14H21NO3/c1-5-6-10-7-14(18-4)11(8-13(10)17-3)12(16)9-15-2/h7-8,15H,5-6,9H2,1-4H3. The molecule has 0 bridgehead atoms. The Bertz CT molecular complexity index is 416. The van der Waals surface area contributed by atoms with Gasteiger partial charge < -0.3 is 14.8 Å². The van der Waals surface area contributed by atoms with Crippen LogP contribution in [0, 0.1) is 0 Å². The highest BCUT2D eigenvalue weighted by molar-refractivity contribution is 6.00. The number of aryl methyl sites for hydroxylation is 1. The minimum atomic E-state index is -0.00398. The van der Waals surface area contributed by atoms with Crippen molar-refractivity contribution in [2.45, 2.75) is 19.8 Å². The molecule has 1 rings (SSSR count). The minimum absolute atomic E-state index is 0.00398. The smallest absolute Gasteiger partial charge is 0.180 e. The fourth-order valence-corrected chi connectivity index (χ4v) is 1.90. The van der Waals surface area contributed by atoms with Gasteiger partial charge in [-0.25, -0.2) is 0 Å². The molecule has 0 aliphatic rings. The zero-order valence-electron chi connectivity index (χ0n) is 11.5. The lowest BCUT2D eigenvalue weighted by molar-refractivity contribution is 0.0990. The highest BCUT2D eigenvalue weighted by Gasteiger charge is 2.16. The molecule has 0 radical (unpaired) electrons. The second kappa shape index (κ2) is 7.01. The number of ketones is 1. The summed E-state index contributed by atoms with van der Waals surface area (Å²) in [6, 6.07) is 3.66. The van der Waals surface area contributed by atoms with Crippen molar-refractivity contribution in [1.82, 2.24) is 5.32 Å². The van der Waals surface area contributed by atoms with Crippen LogP contribution in [0.1, 0.15) is 29.3 Å². The largest absolute Gasteiger partial charge is 0.496 e. The summed E-state index contributed by atoms with van der Waals surface area (Å²) < 4.78 is 10.6. The Morgan fingerprint density at radius 2 is 1.89 bits per heavy atom. The molecule has 0 atom stereocenters. The van der Waals surface area contributed by atoms with Crippen LogP contribution in [0.25, 0.3) is 0 Å². The Morgan fingerprint density at radius 3 is 2.39 bits per heavy atom. The Hall–Kier alpha value is -1.55. The van der Waals surface area contributed by atoms with Crippen molar-refractivity contribution in [3.8, 4) is 11.5 Å². The maximum atomic E-state index is 12.0. The molecule has 1 aromatic rings. The molecule has 0 spiro atoms. The topological polar surface area (TPSA) is 47.6 Å². The molecule has 0 fully saturated rings. The fraction of sp³-hybridized carbons (Fsp3) is 0.500. The predicted octanol–water partition coefficient (Wildman–Crippen LogP) is 2.06. The van der Waals surface area contributed by atoms with Crippen molar-refractivity contribution < 1.29 is 14.3 Å². The third-order valence-corrected chi connectivity index (χ3v) is 2.76. The van der Waals surface area contributed by atoms with Crippen molar-refractivity contribution in [3.63, 3.8) is 0 Å². The summed E-state index contributed by atoms with van der Waals surface area (Å²) in [6.45, 7) is 2.39. The molecule has 0 saturated heterocycles. The van der Waals surface area contributed by atoms with Gasteiger partial charge in [0, 0.05) is 0 Å². The number of hydrogen-bond acceptors (Lipinski definition) is 4. The maximum Gasteiger partial charge on any atom is 0.180 e. The number of methoxy groups -OCH3 is 2. The third-order valence-electron chi connectivity index (χ3n) is 2.76. The number of ether oxygens (including phenoxy) is 2. The Morgan fingerprint density at radius 1 is 1.22 bits per heavy atom. The van der Waals surface area contributed by atoms with E-state index in [1.165, 1.54) is 0 Å². The number of Topliss-reactive ketones (excluding diaryl/α,β-unsaturated/α-hetero) is 1. The first-order valence-electron chi connectivity index (χ1n) is 6.10. The molecule has 4 heteroatoms. The van der Waals surface area contributed by atoms with Crippen LogP contribution in [0.4, 0.5) is 0 Å². The SMILES string of the molecule is CCCc1cc(OC)c(C(=O)CNC)cc1OC. The molecule has 0 unspecified atom stereocenters. The number of benzene rings is 1. The predicted molar refractivity (Wildman–Crippen MR) is 71.8 cm³/mol. The van der Waals surface area contributed by atoms with E-state index in [0.29, 0.717) is 11.3 Å². The number of likely N-dealkylation sites (N-methyl/N-ethyl adjacent to an activating group) is 1. The van der Waals surface area contributed by atoms with E-state index in [1.54, 1.807) is 27.3 Å². The van der Waals surface area contributed by atoms with Gasteiger partial charge in [0.1, 0.15) is 11.5 Å². The van der Waals surface area contributed by atoms with Gasteiger partial charge in [0.2, 0.25) is 0 Å². The van der Waals surface area contributed by atoms with E-state index in [-0.39, 0.29) is 12.3 Å². The number of carbonyl (C=O) groups is 1. The molecule has 0 heterocycles. The van der Waals surface area contributed by atoms with Crippen molar-refractivity contribution in [2.75, 3.05) is 27.8 Å². The molecule has 0 aliphatic heterocycles. The van der Waals surface area contributed by atoms with Gasteiger partial charge >= 0.3 is 0 Å². The average molecular weight is 251 g/mol. The number of hydrogen-bond donors (Lipinski definition) is 1. The summed E-state index contributed by atoms with van der Waals surface area (Å²) in [5.41, 5.74) is 1.63. The number of carbonyl (C=O) groups excluding carboxylic acids is 1. The summed E-state index contributed by atoms with van der Waals surface area (Å²) in [4.78, 5) is 12.0. The van der Waals surface area contributed by atoms with Crippen molar-refractivity contribution in [1.29, 1.82) is 0 Å². The number of rotatable bonds is 7. The number of nitrogens with one attached hydrogen (secondary N) is 1. The molecule has 18 heavy (non-hydrogen) atoms. The normalized spacial score (nSPS) is 10.2. The highest BCUT2D eigenvalue weighted by atomic mass is 16.5. The van der Waals surface area contributed by atoms with E-state index in [1.807, 2.05) is 6.07 Å². The molecular formula is C14H21NO3. The van der Waals surface area contributed by atoms with Gasteiger partial charge in [-0.05, 0) is 31.2 Å².